The number of hydrogen-bond acceptors (Lipinski definition) is 2. The average molecular weight is 476 g/mol. The molecular weight excluding hydrogens is 458 g/mol. The molecule has 170 valence electrons. The zero-order valence-corrected chi connectivity index (χ0v) is 18.4. The summed E-state index contributed by atoms with van der Waals surface area (Å²) in [6.07, 6.45) is -2.96. The van der Waals surface area contributed by atoms with Gasteiger partial charge in [-0.05, 0) is 67.4 Å². The van der Waals surface area contributed by atoms with Gasteiger partial charge in [-0.3, -0.25) is 4.79 Å². The Hall–Kier alpha value is -3.39. The highest BCUT2D eigenvalue weighted by Crippen LogP contribution is 2.34. The van der Waals surface area contributed by atoms with E-state index in [4.69, 9.17) is 11.6 Å². The molecule has 1 N–H and O–H groups in total. The van der Waals surface area contributed by atoms with Crippen molar-refractivity contribution in [2.45, 2.75) is 26.4 Å². The highest BCUT2D eigenvalue weighted by atomic mass is 35.5. The molecule has 0 saturated heterocycles. The largest absolute Gasteiger partial charge is 0.416 e. The topological polar surface area (TPSA) is 46.4 Å². The third kappa shape index (κ3) is 4.71. The third-order valence-electron chi connectivity index (χ3n) is 5.19. The Morgan fingerprint density at radius 1 is 1.09 bits per heavy atom. The Balaban J connectivity index is 1.73. The van der Waals surface area contributed by atoms with E-state index >= 15 is 0 Å². The summed E-state index contributed by atoms with van der Waals surface area (Å²) in [6, 6.07) is 10.9. The Morgan fingerprint density at radius 3 is 2.55 bits per heavy atom. The van der Waals surface area contributed by atoms with Gasteiger partial charge >= 0.3 is 6.18 Å². The van der Waals surface area contributed by atoms with E-state index < -0.39 is 17.6 Å². The van der Waals surface area contributed by atoms with Crippen LogP contribution in [0.3, 0.4) is 0 Å². The average Bonchev–Trinajstić information content (AvgIpc) is 3.08. The highest BCUT2D eigenvalue weighted by molar-refractivity contribution is 6.33. The molecule has 1 amide bonds. The van der Waals surface area contributed by atoms with Crippen LogP contribution in [0.15, 0.2) is 54.7 Å². The second-order valence-electron chi connectivity index (χ2n) is 7.72. The van der Waals surface area contributed by atoms with E-state index in [9.17, 15) is 22.4 Å². The molecule has 0 atom stereocenters. The number of carbonyl (C=O) groups excluding carboxylic acids is 1. The zero-order valence-electron chi connectivity index (χ0n) is 17.6. The molecule has 0 fully saturated rings. The van der Waals surface area contributed by atoms with Gasteiger partial charge in [-0.25, -0.2) is 9.37 Å². The number of aryl methyl sites for hydroxylation is 2. The maximum atomic E-state index is 13.8. The number of imidazole rings is 1. The molecule has 0 spiro atoms. The molecule has 0 aliphatic carbocycles. The number of rotatable bonds is 4. The van der Waals surface area contributed by atoms with Gasteiger partial charge in [0, 0.05) is 11.8 Å². The molecule has 2 aromatic heterocycles. The van der Waals surface area contributed by atoms with E-state index in [1.807, 2.05) is 19.2 Å². The lowest BCUT2D eigenvalue weighted by Gasteiger charge is -2.12. The number of nitrogens with one attached hydrogen (secondary N) is 1. The van der Waals surface area contributed by atoms with Crippen molar-refractivity contribution in [2.24, 2.45) is 0 Å². The number of amides is 1. The number of benzene rings is 2. The SMILES string of the molecule is Cc1ccc2nc(-c3ccc(F)c(C)c3)c(CC(=O)Nc3cc(C(F)(F)F)ccc3Cl)n2c1. The number of pyridine rings is 1. The van der Waals surface area contributed by atoms with Crippen LogP contribution in [0, 0.1) is 19.7 Å². The monoisotopic (exact) mass is 475 g/mol. The normalized spacial score (nSPS) is 11.7. The van der Waals surface area contributed by atoms with E-state index in [2.05, 4.69) is 10.3 Å². The summed E-state index contributed by atoms with van der Waals surface area (Å²) in [4.78, 5) is 17.5. The molecule has 0 radical (unpaired) electrons. The number of hydrogen-bond donors (Lipinski definition) is 1. The van der Waals surface area contributed by atoms with Gasteiger partial charge in [-0.2, -0.15) is 13.2 Å². The molecule has 2 aromatic carbocycles. The fourth-order valence-corrected chi connectivity index (χ4v) is 3.70. The summed E-state index contributed by atoms with van der Waals surface area (Å²) in [6.45, 7) is 3.51. The van der Waals surface area contributed by atoms with Gasteiger partial charge in [0.15, 0.2) is 0 Å². The molecule has 4 nitrogen and oxygen atoms in total. The van der Waals surface area contributed by atoms with E-state index in [0.717, 1.165) is 23.8 Å². The number of aromatic nitrogens is 2. The Morgan fingerprint density at radius 2 is 1.85 bits per heavy atom. The summed E-state index contributed by atoms with van der Waals surface area (Å²) in [5, 5.41) is 2.45. The standard InChI is InChI=1S/C24H18ClF4N3O/c1-13-3-8-21-31-23(15-4-7-18(26)14(2)9-15)20(32(21)12-13)11-22(33)30-19-10-16(24(27,28)29)5-6-17(19)25/h3-10,12H,11H2,1-2H3,(H,30,33). The molecule has 2 heterocycles. The summed E-state index contributed by atoms with van der Waals surface area (Å²) < 4.78 is 54.7. The van der Waals surface area contributed by atoms with Crippen molar-refractivity contribution >= 4 is 28.8 Å². The first-order valence-corrected chi connectivity index (χ1v) is 10.3. The number of nitrogens with zero attached hydrogens (tertiary/aromatic N) is 2. The van der Waals surface area contributed by atoms with Crippen molar-refractivity contribution in [1.29, 1.82) is 0 Å². The van der Waals surface area contributed by atoms with E-state index in [1.54, 1.807) is 29.5 Å². The quantitative estimate of drug-likeness (QED) is 0.337. The van der Waals surface area contributed by atoms with Crippen LogP contribution in [0.5, 0.6) is 0 Å². The molecule has 0 aliphatic heterocycles. The maximum absolute atomic E-state index is 13.8. The first-order valence-electron chi connectivity index (χ1n) is 9.93. The summed E-state index contributed by atoms with van der Waals surface area (Å²) in [5.41, 5.74) is 2.48. The molecule has 0 aliphatic rings. The van der Waals surface area contributed by atoms with E-state index in [0.29, 0.717) is 28.2 Å². The minimum atomic E-state index is -4.57. The summed E-state index contributed by atoms with van der Waals surface area (Å²) in [5.74, 6) is -0.934. The summed E-state index contributed by atoms with van der Waals surface area (Å²) in [7, 11) is 0. The van der Waals surface area contributed by atoms with Gasteiger partial charge in [0.1, 0.15) is 11.5 Å². The van der Waals surface area contributed by atoms with Gasteiger partial charge in [0.25, 0.3) is 0 Å². The molecule has 33 heavy (non-hydrogen) atoms. The Kier molecular flexibility index (Phi) is 5.88. The van der Waals surface area contributed by atoms with Crippen LogP contribution in [0.1, 0.15) is 22.4 Å². The van der Waals surface area contributed by atoms with Crippen molar-refractivity contribution in [3.05, 3.63) is 88.0 Å². The number of halogens is 5. The first-order chi connectivity index (χ1) is 15.5. The number of anilines is 1. The molecule has 0 saturated carbocycles. The van der Waals surface area contributed by atoms with Crippen molar-refractivity contribution < 1.29 is 22.4 Å². The molecule has 0 unspecified atom stereocenters. The lowest BCUT2D eigenvalue weighted by molar-refractivity contribution is -0.137. The fraction of sp³-hybridized carbons (Fsp3) is 0.167. The molecular formula is C24H18ClF4N3O. The second kappa shape index (κ2) is 8.51. The van der Waals surface area contributed by atoms with E-state index in [-0.39, 0.29) is 22.9 Å². The number of alkyl halides is 3. The van der Waals surface area contributed by atoms with Gasteiger partial charge < -0.3 is 9.72 Å². The predicted octanol–water partition coefficient (Wildman–Crippen LogP) is 6.61. The lowest BCUT2D eigenvalue weighted by Crippen LogP contribution is -2.17. The molecule has 0 bridgehead atoms. The van der Waals surface area contributed by atoms with Gasteiger partial charge in [-0.15, -0.1) is 0 Å². The van der Waals surface area contributed by atoms with E-state index in [1.165, 1.54) is 6.07 Å². The smallest absolute Gasteiger partial charge is 0.324 e. The van der Waals surface area contributed by atoms with Crippen molar-refractivity contribution in [1.82, 2.24) is 9.38 Å². The van der Waals surface area contributed by atoms with Crippen molar-refractivity contribution in [2.75, 3.05) is 5.32 Å². The predicted molar refractivity (Wildman–Crippen MR) is 119 cm³/mol. The van der Waals surface area contributed by atoms with Gasteiger partial charge in [0.2, 0.25) is 5.91 Å². The Bertz CT molecular complexity index is 1380. The van der Waals surface area contributed by atoms with Gasteiger partial charge in [-0.1, -0.05) is 17.7 Å². The molecule has 4 rings (SSSR count). The fourth-order valence-electron chi connectivity index (χ4n) is 3.54. The zero-order chi connectivity index (χ0) is 23.9. The van der Waals surface area contributed by atoms with Crippen molar-refractivity contribution in [3.8, 4) is 11.3 Å². The Labute approximate surface area is 191 Å². The van der Waals surface area contributed by atoms with Crippen LogP contribution in [-0.2, 0) is 17.4 Å². The lowest BCUT2D eigenvalue weighted by atomic mass is 10.1. The van der Waals surface area contributed by atoms with Crippen molar-refractivity contribution in [3.63, 3.8) is 0 Å². The maximum Gasteiger partial charge on any atom is 0.416 e. The summed E-state index contributed by atoms with van der Waals surface area (Å²) >= 11 is 6.01. The number of fused-ring (bicyclic) bond motifs is 1. The minimum Gasteiger partial charge on any atom is -0.324 e. The van der Waals surface area contributed by atoms with Gasteiger partial charge in [0.05, 0.1) is 34.1 Å². The third-order valence-corrected chi connectivity index (χ3v) is 5.52. The molecule has 4 aromatic rings. The van der Waals surface area contributed by atoms with Crippen LogP contribution in [-0.4, -0.2) is 15.3 Å². The highest BCUT2D eigenvalue weighted by Gasteiger charge is 2.31. The van der Waals surface area contributed by atoms with Crippen LogP contribution in [0.2, 0.25) is 5.02 Å². The van der Waals surface area contributed by atoms with Crippen LogP contribution < -0.4 is 5.32 Å². The molecule has 9 heteroatoms. The minimum absolute atomic E-state index is 0.0141. The first kappa shape index (κ1) is 22.8. The number of carbonyl (C=O) groups is 1. The van der Waals surface area contributed by atoms with Crippen LogP contribution >= 0.6 is 11.6 Å². The van der Waals surface area contributed by atoms with Crippen LogP contribution in [0.25, 0.3) is 16.9 Å². The van der Waals surface area contributed by atoms with Crippen LogP contribution in [0.4, 0.5) is 23.2 Å². The second-order valence-corrected chi connectivity index (χ2v) is 8.13.